The number of benzene rings is 1. The fourth-order valence-corrected chi connectivity index (χ4v) is 1.92. The number of nitrogen functional groups attached to an aromatic ring is 1. The molecular formula is C11H15ClN2O. The summed E-state index contributed by atoms with van der Waals surface area (Å²) in [7, 11) is 0. The van der Waals surface area contributed by atoms with Gasteiger partial charge >= 0.3 is 0 Å². The second kappa shape index (κ2) is 4.29. The van der Waals surface area contributed by atoms with Crippen molar-refractivity contribution in [2.24, 2.45) is 0 Å². The van der Waals surface area contributed by atoms with Crippen LogP contribution in [0, 0.1) is 6.92 Å². The predicted octanol–water partition coefficient (Wildman–Crippen LogP) is 1.97. The Balaban J connectivity index is 2.19. The molecule has 0 spiro atoms. The minimum Gasteiger partial charge on any atom is -0.489 e. The normalized spacial score (nSPS) is 20.5. The van der Waals surface area contributed by atoms with Gasteiger partial charge in [-0.25, -0.2) is 0 Å². The standard InChI is InChI=1S/C11H15ClN2O/c1-7-10(12)4-8(13)5-11(7)15-9-2-3-14-6-9/h4-5,9,14H,2-3,6,13H2,1H3. The van der Waals surface area contributed by atoms with Crippen molar-refractivity contribution in [1.82, 2.24) is 5.32 Å². The lowest BCUT2D eigenvalue weighted by Gasteiger charge is -2.15. The van der Waals surface area contributed by atoms with Crippen molar-refractivity contribution in [1.29, 1.82) is 0 Å². The number of halogens is 1. The molecule has 2 rings (SSSR count). The first-order valence-electron chi connectivity index (χ1n) is 5.10. The highest BCUT2D eigenvalue weighted by molar-refractivity contribution is 6.31. The third-order valence-corrected chi connectivity index (χ3v) is 3.02. The maximum absolute atomic E-state index is 6.03. The molecule has 0 aliphatic carbocycles. The molecular weight excluding hydrogens is 212 g/mol. The van der Waals surface area contributed by atoms with E-state index in [1.54, 1.807) is 6.07 Å². The van der Waals surface area contributed by atoms with Gasteiger partial charge in [0.25, 0.3) is 0 Å². The van der Waals surface area contributed by atoms with Crippen LogP contribution in [0.25, 0.3) is 0 Å². The lowest BCUT2D eigenvalue weighted by molar-refractivity contribution is 0.222. The first kappa shape index (κ1) is 10.6. The Morgan fingerprint density at radius 1 is 1.53 bits per heavy atom. The number of nitrogens with one attached hydrogen (secondary N) is 1. The van der Waals surface area contributed by atoms with Crippen molar-refractivity contribution in [3.63, 3.8) is 0 Å². The van der Waals surface area contributed by atoms with Crippen LogP contribution in [0.1, 0.15) is 12.0 Å². The lowest BCUT2D eigenvalue weighted by atomic mass is 10.2. The third-order valence-electron chi connectivity index (χ3n) is 2.63. The van der Waals surface area contributed by atoms with E-state index in [-0.39, 0.29) is 6.10 Å². The number of nitrogens with two attached hydrogens (primary N) is 1. The topological polar surface area (TPSA) is 47.3 Å². The van der Waals surface area contributed by atoms with Crippen LogP contribution in [-0.2, 0) is 0 Å². The molecule has 1 atom stereocenters. The summed E-state index contributed by atoms with van der Waals surface area (Å²) in [6.07, 6.45) is 1.27. The van der Waals surface area contributed by atoms with Gasteiger partial charge in [-0.05, 0) is 26.0 Å². The molecule has 3 nitrogen and oxygen atoms in total. The summed E-state index contributed by atoms with van der Waals surface area (Å²) in [5, 5.41) is 3.91. The molecule has 0 aromatic heterocycles. The molecule has 82 valence electrons. The fourth-order valence-electron chi connectivity index (χ4n) is 1.70. The molecule has 1 heterocycles. The molecule has 0 saturated carbocycles. The zero-order chi connectivity index (χ0) is 10.8. The Hall–Kier alpha value is -0.930. The molecule has 1 aliphatic rings. The average Bonchev–Trinajstić information content (AvgIpc) is 2.66. The van der Waals surface area contributed by atoms with Crippen LogP contribution in [0.2, 0.25) is 5.02 Å². The Bertz CT molecular complexity index is 362. The average molecular weight is 227 g/mol. The van der Waals surface area contributed by atoms with Crippen LogP contribution >= 0.6 is 11.6 Å². The van der Waals surface area contributed by atoms with E-state index in [1.807, 2.05) is 13.0 Å². The predicted molar refractivity (Wildman–Crippen MR) is 62.5 cm³/mol. The molecule has 15 heavy (non-hydrogen) atoms. The van der Waals surface area contributed by atoms with Gasteiger partial charge in [-0.15, -0.1) is 0 Å². The zero-order valence-corrected chi connectivity index (χ0v) is 9.47. The molecule has 1 saturated heterocycles. The highest BCUT2D eigenvalue weighted by Gasteiger charge is 2.17. The Morgan fingerprint density at radius 2 is 2.33 bits per heavy atom. The first-order valence-corrected chi connectivity index (χ1v) is 5.47. The third kappa shape index (κ3) is 2.36. The molecule has 1 unspecified atom stereocenters. The van der Waals surface area contributed by atoms with Crippen molar-refractivity contribution in [2.45, 2.75) is 19.4 Å². The number of rotatable bonds is 2. The number of anilines is 1. The summed E-state index contributed by atoms with van der Waals surface area (Å²) in [6.45, 7) is 3.85. The van der Waals surface area contributed by atoms with Crippen molar-refractivity contribution >= 4 is 17.3 Å². The van der Waals surface area contributed by atoms with Crippen LogP contribution in [0.3, 0.4) is 0 Å². The van der Waals surface area contributed by atoms with Crippen LogP contribution < -0.4 is 15.8 Å². The van der Waals surface area contributed by atoms with Crippen LogP contribution in [0.4, 0.5) is 5.69 Å². The van der Waals surface area contributed by atoms with Crippen LogP contribution in [0.15, 0.2) is 12.1 Å². The van der Waals surface area contributed by atoms with Gasteiger partial charge < -0.3 is 15.8 Å². The monoisotopic (exact) mass is 226 g/mol. The van der Waals surface area contributed by atoms with E-state index in [0.717, 1.165) is 30.8 Å². The van der Waals surface area contributed by atoms with Gasteiger partial charge in [-0.3, -0.25) is 0 Å². The Labute approximate surface area is 94.6 Å². The molecule has 0 amide bonds. The molecule has 1 aromatic rings. The van der Waals surface area contributed by atoms with E-state index in [2.05, 4.69) is 5.32 Å². The smallest absolute Gasteiger partial charge is 0.126 e. The summed E-state index contributed by atoms with van der Waals surface area (Å²) in [5.41, 5.74) is 7.32. The summed E-state index contributed by atoms with van der Waals surface area (Å²) >= 11 is 6.03. The van der Waals surface area contributed by atoms with Gasteiger partial charge in [0.2, 0.25) is 0 Å². The van der Waals surface area contributed by atoms with Crippen LogP contribution in [-0.4, -0.2) is 19.2 Å². The molecule has 3 N–H and O–H groups in total. The second-order valence-corrected chi connectivity index (χ2v) is 4.27. The maximum atomic E-state index is 6.03. The lowest BCUT2D eigenvalue weighted by Crippen LogP contribution is -2.20. The molecule has 0 bridgehead atoms. The summed E-state index contributed by atoms with van der Waals surface area (Å²) < 4.78 is 5.84. The fraction of sp³-hybridized carbons (Fsp3) is 0.455. The Morgan fingerprint density at radius 3 is 3.00 bits per heavy atom. The van der Waals surface area contributed by atoms with Gasteiger partial charge in [0, 0.05) is 28.9 Å². The maximum Gasteiger partial charge on any atom is 0.126 e. The van der Waals surface area contributed by atoms with Crippen molar-refractivity contribution in [3.8, 4) is 5.75 Å². The highest BCUT2D eigenvalue weighted by atomic mass is 35.5. The number of hydrogen-bond acceptors (Lipinski definition) is 3. The molecule has 1 fully saturated rings. The van der Waals surface area contributed by atoms with E-state index >= 15 is 0 Å². The van der Waals surface area contributed by atoms with E-state index in [1.165, 1.54) is 0 Å². The summed E-state index contributed by atoms with van der Waals surface area (Å²) in [4.78, 5) is 0. The number of ether oxygens (including phenoxy) is 1. The van der Waals surface area contributed by atoms with E-state index < -0.39 is 0 Å². The quantitative estimate of drug-likeness (QED) is 0.758. The molecule has 4 heteroatoms. The van der Waals surface area contributed by atoms with Gasteiger partial charge in [0.15, 0.2) is 0 Å². The van der Waals surface area contributed by atoms with E-state index in [0.29, 0.717) is 10.7 Å². The van der Waals surface area contributed by atoms with E-state index in [4.69, 9.17) is 22.1 Å². The minimum atomic E-state index is 0.238. The number of hydrogen-bond donors (Lipinski definition) is 2. The molecule has 1 aliphatic heterocycles. The van der Waals surface area contributed by atoms with Gasteiger partial charge in [-0.1, -0.05) is 11.6 Å². The SMILES string of the molecule is Cc1c(Cl)cc(N)cc1OC1CCNC1. The highest BCUT2D eigenvalue weighted by Crippen LogP contribution is 2.30. The van der Waals surface area contributed by atoms with Crippen molar-refractivity contribution in [2.75, 3.05) is 18.8 Å². The van der Waals surface area contributed by atoms with Gasteiger partial charge in [-0.2, -0.15) is 0 Å². The first-order chi connectivity index (χ1) is 7.16. The molecule has 1 aromatic carbocycles. The Kier molecular flexibility index (Phi) is 3.03. The van der Waals surface area contributed by atoms with Crippen molar-refractivity contribution in [3.05, 3.63) is 22.7 Å². The minimum absolute atomic E-state index is 0.238. The van der Waals surface area contributed by atoms with Gasteiger partial charge in [0.1, 0.15) is 11.9 Å². The molecule has 0 radical (unpaired) electrons. The summed E-state index contributed by atoms with van der Waals surface area (Å²) in [5.74, 6) is 0.800. The van der Waals surface area contributed by atoms with Crippen molar-refractivity contribution < 1.29 is 4.74 Å². The largest absolute Gasteiger partial charge is 0.489 e. The summed E-state index contributed by atoms with van der Waals surface area (Å²) in [6, 6.07) is 3.58. The van der Waals surface area contributed by atoms with Crippen LogP contribution in [0.5, 0.6) is 5.75 Å². The second-order valence-electron chi connectivity index (χ2n) is 3.86. The zero-order valence-electron chi connectivity index (χ0n) is 8.72. The van der Waals surface area contributed by atoms with Gasteiger partial charge in [0.05, 0.1) is 0 Å². The van der Waals surface area contributed by atoms with E-state index in [9.17, 15) is 0 Å².